The molecule has 7 heteroatoms. The number of amides is 1. The number of nitrogens with one attached hydrogen (secondary N) is 2. The number of rotatable bonds is 6. The van der Waals surface area contributed by atoms with Gasteiger partial charge in [0.1, 0.15) is 5.75 Å². The number of aliphatic imine (C=N–C) groups is 1. The molecule has 4 N–H and O–H groups in total. The standard InChI is InChI=1S/C17H20N4O2.HI/c1-23-15-9-5-6-13(12-15)16(22)19-10-11-20-17(18)21-14-7-3-2-4-8-14;/h2-9,12H,10-11H2,1H3,(H,19,22)(H3,18,20,21);1H. The number of anilines is 1. The minimum Gasteiger partial charge on any atom is -0.497 e. The summed E-state index contributed by atoms with van der Waals surface area (Å²) in [6.45, 7) is 0.786. The van der Waals surface area contributed by atoms with Crippen LogP contribution in [0.2, 0.25) is 0 Å². The van der Waals surface area contributed by atoms with Crippen molar-refractivity contribution in [2.75, 3.05) is 25.5 Å². The molecular weight excluding hydrogens is 419 g/mol. The largest absolute Gasteiger partial charge is 0.497 e. The van der Waals surface area contributed by atoms with E-state index >= 15 is 0 Å². The topological polar surface area (TPSA) is 88.7 Å². The van der Waals surface area contributed by atoms with E-state index in [0.29, 0.717) is 30.4 Å². The van der Waals surface area contributed by atoms with Crippen LogP contribution in [0.15, 0.2) is 59.6 Å². The van der Waals surface area contributed by atoms with Crippen molar-refractivity contribution in [3.8, 4) is 5.75 Å². The maximum Gasteiger partial charge on any atom is 0.251 e. The van der Waals surface area contributed by atoms with Gasteiger partial charge in [0, 0.05) is 17.8 Å². The van der Waals surface area contributed by atoms with Gasteiger partial charge in [0.05, 0.1) is 13.7 Å². The van der Waals surface area contributed by atoms with E-state index in [0.717, 1.165) is 5.69 Å². The molecule has 2 aromatic carbocycles. The Balaban J connectivity index is 0.00000288. The Hall–Kier alpha value is -2.29. The summed E-state index contributed by atoms with van der Waals surface area (Å²) in [5.74, 6) is 0.785. The monoisotopic (exact) mass is 440 g/mol. The molecule has 0 aliphatic heterocycles. The van der Waals surface area contributed by atoms with Crippen LogP contribution in [0, 0.1) is 0 Å². The van der Waals surface area contributed by atoms with Crippen LogP contribution in [0.1, 0.15) is 10.4 Å². The van der Waals surface area contributed by atoms with Crippen LogP contribution < -0.4 is 21.1 Å². The van der Waals surface area contributed by atoms with E-state index < -0.39 is 0 Å². The lowest BCUT2D eigenvalue weighted by molar-refractivity contribution is 0.0954. The first kappa shape index (κ1) is 19.8. The molecule has 0 aliphatic carbocycles. The number of ether oxygens (including phenoxy) is 1. The molecule has 2 aromatic rings. The molecule has 0 radical (unpaired) electrons. The Morgan fingerprint density at radius 2 is 1.92 bits per heavy atom. The molecule has 0 heterocycles. The lowest BCUT2D eigenvalue weighted by Crippen LogP contribution is -2.28. The fourth-order valence-electron chi connectivity index (χ4n) is 1.92. The van der Waals surface area contributed by atoms with Crippen molar-refractivity contribution in [1.29, 1.82) is 0 Å². The zero-order valence-corrected chi connectivity index (χ0v) is 15.7. The van der Waals surface area contributed by atoms with Crippen LogP contribution >= 0.6 is 24.0 Å². The van der Waals surface area contributed by atoms with Crippen molar-refractivity contribution in [3.05, 3.63) is 60.2 Å². The Bertz CT molecular complexity index is 677. The van der Waals surface area contributed by atoms with Crippen LogP contribution in [-0.2, 0) is 0 Å². The normalized spacial score (nSPS) is 10.5. The summed E-state index contributed by atoms with van der Waals surface area (Å²) in [5.41, 5.74) is 7.20. The van der Waals surface area contributed by atoms with Crippen LogP contribution in [0.3, 0.4) is 0 Å². The van der Waals surface area contributed by atoms with Crippen LogP contribution in [-0.4, -0.2) is 32.1 Å². The molecule has 0 saturated heterocycles. The maximum absolute atomic E-state index is 12.0. The van der Waals surface area contributed by atoms with Crippen molar-refractivity contribution in [1.82, 2.24) is 5.32 Å². The highest BCUT2D eigenvalue weighted by Gasteiger charge is 2.05. The molecule has 0 spiro atoms. The highest BCUT2D eigenvalue weighted by atomic mass is 127. The lowest BCUT2D eigenvalue weighted by atomic mass is 10.2. The van der Waals surface area contributed by atoms with Gasteiger partial charge in [0.15, 0.2) is 5.96 Å². The van der Waals surface area contributed by atoms with Gasteiger partial charge in [-0.2, -0.15) is 0 Å². The zero-order chi connectivity index (χ0) is 16.5. The van der Waals surface area contributed by atoms with Crippen molar-refractivity contribution in [2.45, 2.75) is 0 Å². The minimum atomic E-state index is -0.173. The number of para-hydroxylation sites is 1. The smallest absolute Gasteiger partial charge is 0.251 e. The fourth-order valence-corrected chi connectivity index (χ4v) is 1.92. The second kappa shape index (κ2) is 10.5. The van der Waals surface area contributed by atoms with E-state index in [9.17, 15) is 4.79 Å². The third-order valence-electron chi connectivity index (χ3n) is 3.06. The highest BCUT2D eigenvalue weighted by Crippen LogP contribution is 2.12. The molecule has 2 rings (SSSR count). The van der Waals surface area contributed by atoms with Crippen molar-refractivity contribution in [3.63, 3.8) is 0 Å². The third-order valence-corrected chi connectivity index (χ3v) is 3.06. The number of methoxy groups -OCH3 is 1. The number of hydrogen-bond acceptors (Lipinski definition) is 3. The minimum absolute atomic E-state index is 0. The number of guanidine groups is 1. The van der Waals surface area contributed by atoms with Gasteiger partial charge in [-0.3, -0.25) is 9.79 Å². The van der Waals surface area contributed by atoms with Crippen molar-refractivity contribution < 1.29 is 9.53 Å². The quantitative estimate of drug-likeness (QED) is 0.279. The Morgan fingerprint density at radius 1 is 1.17 bits per heavy atom. The maximum atomic E-state index is 12.0. The van der Waals surface area contributed by atoms with Crippen LogP contribution in [0.5, 0.6) is 5.75 Å². The summed E-state index contributed by atoms with van der Waals surface area (Å²) in [5, 5.41) is 5.76. The molecule has 0 atom stereocenters. The molecule has 128 valence electrons. The number of hydrogen-bond donors (Lipinski definition) is 3. The molecule has 0 saturated carbocycles. The van der Waals surface area contributed by atoms with Gasteiger partial charge in [-0.15, -0.1) is 24.0 Å². The Kier molecular flexibility index (Phi) is 8.63. The van der Waals surface area contributed by atoms with Crippen molar-refractivity contribution >= 4 is 41.5 Å². The molecule has 0 fully saturated rings. The summed E-state index contributed by atoms with van der Waals surface area (Å²) < 4.78 is 5.09. The SMILES string of the molecule is COc1cccc(C(=O)NCCN=C(N)Nc2ccccc2)c1.I. The molecule has 24 heavy (non-hydrogen) atoms. The first-order valence-corrected chi connectivity index (χ1v) is 7.23. The number of nitrogens with zero attached hydrogens (tertiary/aromatic N) is 1. The van der Waals surface area contributed by atoms with Gasteiger partial charge in [-0.25, -0.2) is 0 Å². The summed E-state index contributed by atoms with van der Waals surface area (Å²) in [4.78, 5) is 16.1. The number of nitrogens with two attached hydrogens (primary N) is 1. The average molecular weight is 440 g/mol. The van der Waals surface area contributed by atoms with Crippen molar-refractivity contribution in [2.24, 2.45) is 10.7 Å². The third kappa shape index (κ3) is 6.45. The van der Waals surface area contributed by atoms with Gasteiger partial charge in [0.2, 0.25) is 0 Å². The second-order valence-electron chi connectivity index (χ2n) is 4.75. The van der Waals surface area contributed by atoms with E-state index in [1.54, 1.807) is 31.4 Å². The molecular formula is C17H21IN4O2. The summed E-state index contributed by atoms with van der Waals surface area (Å²) in [6, 6.07) is 16.5. The summed E-state index contributed by atoms with van der Waals surface area (Å²) >= 11 is 0. The number of carbonyl (C=O) groups excluding carboxylic acids is 1. The Morgan fingerprint density at radius 3 is 2.62 bits per heavy atom. The molecule has 0 aliphatic rings. The molecule has 0 unspecified atom stereocenters. The zero-order valence-electron chi connectivity index (χ0n) is 13.4. The average Bonchev–Trinajstić information content (AvgIpc) is 2.59. The molecule has 0 bridgehead atoms. The van der Waals surface area contributed by atoms with E-state index in [1.807, 2.05) is 30.3 Å². The van der Waals surface area contributed by atoms with Gasteiger partial charge >= 0.3 is 0 Å². The van der Waals surface area contributed by atoms with E-state index in [1.165, 1.54) is 0 Å². The summed E-state index contributed by atoms with van der Waals surface area (Å²) in [6.07, 6.45) is 0. The molecule has 1 amide bonds. The fraction of sp³-hybridized carbons (Fsp3) is 0.176. The van der Waals surface area contributed by atoms with Gasteiger partial charge < -0.3 is 21.1 Å². The predicted molar refractivity (Wildman–Crippen MR) is 107 cm³/mol. The van der Waals surface area contributed by atoms with Gasteiger partial charge in [0.25, 0.3) is 5.91 Å². The number of benzene rings is 2. The predicted octanol–water partition coefficient (Wildman–Crippen LogP) is 2.47. The van der Waals surface area contributed by atoms with Gasteiger partial charge in [-0.1, -0.05) is 24.3 Å². The van der Waals surface area contributed by atoms with Crippen LogP contribution in [0.4, 0.5) is 5.69 Å². The molecule has 0 aromatic heterocycles. The highest BCUT2D eigenvalue weighted by molar-refractivity contribution is 14.0. The lowest BCUT2D eigenvalue weighted by Gasteiger charge is -2.07. The van der Waals surface area contributed by atoms with Crippen LogP contribution in [0.25, 0.3) is 0 Å². The van der Waals surface area contributed by atoms with E-state index in [4.69, 9.17) is 10.5 Å². The number of carbonyl (C=O) groups is 1. The van der Waals surface area contributed by atoms with Gasteiger partial charge in [-0.05, 0) is 30.3 Å². The molecule has 6 nitrogen and oxygen atoms in total. The summed E-state index contributed by atoms with van der Waals surface area (Å²) in [7, 11) is 1.56. The van der Waals surface area contributed by atoms with E-state index in [2.05, 4.69) is 15.6 Å². The second-order valence-corrected chi connectivity index (χ2v) is 4.75. The number of halogens is 1. The Labute approximate surface area is 158 Å². The first-order valence-electron chi connectivity index (χ1n) is 7.23. The van der Waals surface area contributed by atoms with E-state index in [-0.39, 0.29) is 29.9 Å². The first-order chi connectivity index (χ1) is 11.2.